The van der Waals surface area contributed by atoms with E-state index in [0.29, 0.717) is 17.0 Å². The van der Waals surface area contributed by atoms with Crippen molar-refractivity contribution >= 4 is 11.6 Å². The first-order chi connectivity index (χ1) is 12.1. The fourth-order valence-electron chi connectivity index (χ4n) is 2.72. The van der Waals surface area contributed by atoms with Crippen LogP contribution >= 0.6 is 0 Å². The number of H-pyrrole nitrogens is 1. The van der Waals surface area contributed by atoms with E-state index in [4.69, 9.17) is 0 Å². The van der Waals surface area contributed by atoms with Gasteiger partial charge in [0, 0.05) is 36.9 Å². The largest absolute Gasteiger partial charge is 0.347 e. The zero-order valence-electron chi connectivity index (χ0n) is 14.7. The van der Waals surface area contributed by atoms with Crippen molar-refractivity contribution in [3.8, 4) is 0 Å². The van der Waals surface area contributed by atoms with Crippen LogP contribution in [0.25, 0.3) is 5.65 Å². The first-order valence-electron chi connectivity index (χ1n) is 8.47. The highest BCUT2D eigenvalue weighted by atomic mass is 16.1. The highest BCUT2D eigenvalue weighted by Gasteiger charge is 2.18. The topological polar surface area (TPSA) is 91.2 Å². The number of aromatic amines is 1. The van der Waals surface area contributed by atoms with E-state index in [1.54, 1.807) is 23.1 Å². The summed E-state index contributed by atoms with van der Waals surface area (Å²) in [6, 6.07) is -0.223. The maximum atomic E-state index is 12.5. The quantitative estimate of drug-likeness (QED) is 0.683. The maximum Gasteiger partial charge on any atom is 0.257 e. The molecule has 0 aromatic carbocycles. The number of fused-ring (bicyclic) bond motifs is 1. The first-order valence-corrected chi connectivity index (χ1v) is 8.47. The lowest BCUT2D eigenvalue weighted by atomic mass is 10.2. The fourth-order valence-corrected chi connectivity index (χ4v) is 2.72. The number of carbonyl (C=O) groups is 1. The van der Waals surface area contributed by atoms with Crippen LogP contribution in [0.15, 0.2) is 31.0 Å². The summed E-state index contributed by atoms with van der Waals surface area (Å²) < 4.78 is 1.66. The van der Waals surface area contributed by atoms with Crippen molar-refractivity contribution in [3.63, 3.8) is 0 Å². The molecule has 2 N–H and O–H groups in total. The molecule has 0 saturated heterocycles. The van der Waals surface area contributed by atoms with E-state index in [1.165, 1.54) is 0 Å². The van der Waals surface area contributed by atoms with Crippen LogP contribution in [0.1, 0.15) is 48.6 Å². The Morgan fingerprint density at radius 1 is 1.32 bits per heavy atom. The Balaban J connectivity index is 1.77. The van der Waals surface area contributed by atoms with Crippen molar-refractivity contribution in [2.45, 2.75) is 33.4 Å². The van der Waals surface area contributed by atoms with Crippen LogP contribution in [0.3, 0.4) is 0 Å². The molecule has 1 amide bonds. The van der Waals surface area contributed by atoms with Gasteiger partial charge in [-0.15, -0.1) is 0 Å². The summed E-state index contributed by atoms with van der Waals surface area (Å²) in [6.07, 6.45) is 8.67. The third-order valence-electron chi connectivity index (χ3n) is 4.23. The van der Waals surface area contributed by atoms with Crippen molar-refractivity contribution in [2.24, 2.45) is 0 Å². The molecule has 3 rings (SSSR count). The average molecular weight is 341 g/mol. The molecule has 0 aliphatic carbocycles. The molecule has 8 heteroatoms. The maximum absolute atomic E-state index is 12.5. The van der Waals surface area contributed by atoms with E-state index in [0.717, 1.165) is 25.2 Å². The van der Waals surface area contributed by atoms with E-state index in [1.807, 2.05) is 19.3 Å². The van der Waals surface area contributed by atoms with Gasteiger partial charge in [0.05, 0.1) is 12.2 Å². The second-order valence-electron chi connectivity index (χ2n) is 5.92. The normalized spacial score (nSPS) is 12.6. The molecule has 0 radical (unpaired) electrons. The van der Waals surface area contributed by atoms with Crippen LogP contribution in [0, 0.1) is 0 Å². The summed E-state index contributed by atoms with van der Waals surface area (Å²) in [5.74, 6) is 0.488. The molecular weight excluding hydrogens is 318 g/mol. The van der Waals surface area contributed by atoms with Crippen LogP contribution in [-0.4, -0.2) is 48.5 Å². The summed E-state index contributed by atoms with van der Waals surface area (Å²) in [6.45, 7) is 8.90. The molecule has 3 aromatic rings. The van der Waals surface area contributed by atoms with Gasteiger partial charge in [-0.3, -0.25) is 9.69 Å². The SMILES string of the molecule is CCN(CC)Cc1cnc2c(C(=O)N[C@@H](C)c3ncc[nH]3)cnn2c1. The molecule has 0 aliphatic rings. The average Bonchev–Trinajstić information content (AvgIpc) is 3.28. The van der Waals surface area contributed by atoms with Gasteiger partial charge in [-0.1, -0.05) is 13.8 Å². The van der Waals surface area contributed by atoms with Gasteiger partial charge in [-0.2, -0.15) is 5.10 Å². The van der Waals surface area contributed by atoms with Crippen molar-refractivity contribution < 1.29 is 4.79 Å². The molecule has 0 spiro atoms. The van der Waals surface area contributed by atoms with Gasteiger partial charge >= 0.3 is 0 Å². The zero-order valence-corrected chi connectivity index (χ0v) is 14.7. The molecule has 3 aromatic heterocycles. The van der Waals surface area contributed by atoms with Gasteiger partial charge in [-0.25, -0.2) is 14.5 Å². The number of rotatable bonds is 7. The van der Waals surface area contributed by atoms with E-state index < -0.39 is 0 Å². The summed E-state index contributed by atoms with van der Waals surface area (Å²) in [7, 11) is 0. The second kappa shape index (κ2) is 7.43. The van der Waals surface area contributed by atoms with Crippen LogP contribution in [0.5, 0.6) is 0 Å². The number of amides is 1. The summed E-state index contributed by atoms with van der Waals surface area (Å²) in [5.41, 5.74) is 2.07. The Bertz CT molecular complexity index is 836. The lowest BCUT2D eigenvalue weighted by molar-refractivity contribution is 0.0940. The predicted molar refractivity (Wildman–Crippen MR) is 94.1 cm³/mol. The first kappa shape index (κ1) is 17.1. The minimum Gasteiger partial charge on any atom is -0.347 e. The lowest BCUT2D eigenvalue weighted by Gasteiger charge is -2.17. The molecule has 25 heavy (non-hydrogen) atoms. The predicted octanol–water partition coefficient (Wildman–Crippen LogP) is 1.79. The van der Waals surface area contributed by atoms with Gasteiger partial charge in [0.2, 0.25) is 0 Å². The number of carbonyl (C=O) groups excluding carboxylic acids is 1. The lowest BCUT2D eigenvalue weighted by Crippen LogP contribution is -2.27. The van der Waals surface area contributed by atoms with E-state index in [2.05, 4.69) is 44.1 Å². The molecule has 1 atom stereocenters. The van der Waals surface area contributed by atoms with Gasteiger partial charge in [0.1, 0.15) is 11.4 Å². The molecule has 0 fully saturated rings. The second-order valence-corrected chi connectivity index (χ2v) is 5.92. The minimum absolute atomic E-state index is 0.220. The molecule has 8 nitrogen and oxygen atoms in total. The summed E-state index contributed by atoms with van der Waals surface area (Å²) in [5, 5.41) is 7.19. The Morgan fingerprint density at radius 2 is 2.12 bits per heavy atom. The van der Waals surface area contributed by atoms with Crippen LogP contribution in [0.4, 0.5) is 0 Å². The van der Waals surface area contributed by atoms with E-state index >= 15 is 0 Å². The molecular formula is C17H23N7O. The van der Waals surface area contributed by atoms with Crippen molar-refractivity contribution in [3.05, 3.63) is 47.9 Å². The number of imidazole rings is 1. The Hall–Kier alpha value is -2.74. The zero-order chi connectivity index (χ0) is 17.8. The summed E-state index contributed by atoms with van der Waals surface area (Å²) >= 11 is 0. The van der Waals surface area contributed by atoms with E-state index in [9.17, 15) is 4.79 Å². The Kier molecular flexibility index (Phi) is 5.08. The molecule has 0 aliphatic heterocycles. The summed E-state index contributed by atoms with van der Waals surface area (Å²) in [4.78, 5) is 26.4. The number of nitrogens with one attached hydrogen (secondary N) is 2. The van der Waals surface area contributed by atoms with Crippen molar-refractivity contribution in [1.29, 1.82) is 0 Å². The van der Waals surface area contributed by atoms with E-state index in [-0.39, 0.29) is 11.9 Å². The monoisotopic (exact) mass is 341 g/mol. The van der Waals surface area contributed by atoms with Gasteiger partial charge in [-0.05, 0) is 20.0 Å². The van der Waals surface area contributed by atoms with Crippen LogP contribution in [0.2, 0.25) is 0 Å². The minimum atomic E-state index is -0.223. The highest BCUT2D eigenvalue weighted by Crippen LogP contribution is 2.13. The fraction of sp³-hybridized carbons (Fsp3) is 0.412. The third kappa shape index (κ3) is 3.69. The third-order valence-corrected chi connectivity index (χ3v) is 4.23. The van der Waals surface area contributed by atoms with Crippen LogP contribution in [-0.2, 0) is 6.54 Å². The van der Waals surface area contributed by atoms with Crippen molar-refractivity contribution in [1.82, 2.24) is 34.8 Å². The Morgan fingerprint density at radius 3 is 2.80 bits per heavy atom. The standard InChI is InChI=1S/C17H23N7O/c1-4-23(5-2)10-13-8-20-16-14(9-21-24(16)11-13)17(25)22-12(3)15-18-6-7-19-15/h6-9,11-12H,4-5,10H2,1-3H3,(H,18,19)(H,22,25)/t12-/m0/s1. The smallest absolute Gasteiger partial charge is 0.257 e. The number of aromatic nitrogens is 5. The molecule has 132 valence electrons. The molecule has 0 bridgehead atoms. The number of hydrogen-bond donors (Lipinski definition) is 2. The van der Waals surface area contributed by atoms with Gasteiger partial charge < -0.3 is 10.3 Å². The number of nitrogens with zero attached hydrogens (tertiary/aromatic N) is 5. The molecule has 0 saturated carbocycles. The van der Waals surface area contributed by atoms with Crippen molar-refractivity contribution in [2.75, 3.05) is 13.1 Å². The number of hydrogen-bond acceptors (Lipinski definition) is 5. The van der Waals surface area contributed by atoms with Gasteiger partial charge in [0.25, 0.3) is 5.91 Å². The highest BCUT2D eigenvalue weighted by molar-refractivity contribution is 5.99. The molecule has 3 heterocycles. The molecule has 0 unspecified atom stereocenters. The van der Waals surface area contributed by atoms with Crippen LogP contribution < -0.4 is 5.32 Å². The Labute approximate surface area is 146 Å². The van der Waals surface area contributed by atoms with Gasteiger partial charge in [0.15, 0.2) is 5.65 Å².